The van der Waals surface area contributed by atoms with Crippen LogP contribution in [-0.2, 0) is 11.3 Å². The van der Waals surface area contributed by atoms with Crippen LogP contribution in [-0.4, -0.2) is 39.5 Å². The zero-order valence-corrected chi connectivity index (χ0v) is 18.7. The quantitative estimate of drug-likeness (QED) is 0.484. The number of nitriles is 1. The van der Waals surface area contributed by atoms with Gasteiger partial charge in [-0.05, 0) is 56.9 Å². The first kappa shape index (κ1) is 22.5. The number of nitrogens with zero attached hydrogens (tertiary/aromatic N) is 5. The largest absolute Gasteiger partial charge is 0.489 e. The highest BCUT2D eigenvalue weighted by Crippen LogP contribution is 2.39. The summed E-state index contributed by atoms with van der Waals surface area (Å²) in [5.74, 6) is 6.49. The monoisotopic (exact) mass is 451 g/mol. The summed E-state index contributed by atoms with van der Waals surface area (Å²) in [4.78, 5) is 14.1. The molecule has 2 aliphatic rings. The summed E-state index contributed by atoms with van der Waals surface area (Å²) in [6.45, 7) is 3.35. The lowest BCUT2D eigenvalue weighted by Gasteiger charge is -2.32. The Bertz CT molecular complexity index is 1040. The molecule has 1 amide bonds. The molecule has 2 fully saturated rings. The minimum atomic E-state index is -0.273. The molecule has 1 aromatic carbocycles. The van der Waals surface area contributed by atoms with Crippen molar-refractivity contribution in [3.05, 3.63) is 54.1 Å². The zero-order valence-electron chi connectivity index (χ0n) is 18.7. The number of anilines is 1. The summed E-state index contributed by atoms with van der Waals surface area (Å²) in [5, 5.41) is 15.6. The fraction of sp³-hybridized carbons (Fsp3) is 0.435. The number of rotatable bonds is 7. The smallest absolute Gasteiger partial charge is 0.410 e. The first-order valence-corrected chi connectivity index (χ1v) is 11.0. The summed E-state index contributed by atoms with van der Waals surface area (Å²) >= 11 is 0. The number of aromatic nitrogens is 2. The first-order valence-electron chi connectivity index (χ1n) is 11.0. The van der Waals surface area contributed by atoms with Crippen molar-refractivity contribution in [2.45, 2.75) is 50.9 Å². The third kappa shape index (κ3) is 5.21. The molecule has 1 aromatic heterocycles. The average molecular weight is 452 g/mol. The van der Waals surface area contributed by atoms with Gasteiger partial charge in [0.2, 0.25) is 0 Å². The van der Waals surface area contributed by atoms with E-state index in [4.69, 9.17) is 21.1 Å². The van der Waals surface area contributed by atoms with Crippen LogP contribution in [0.3, 0.4) is 0 Å². The summed E-state index contributed by atoms with van der Waals surface area (Å²) in [7, 11) is 0. The highest BCUT2D eigenvalue weighted by molar-refractivity contribution is 5.68. The molecule has 0 unspecified atom stereocenters. The van der Waals surface area contributed by atoms with E-state index in [9.17, 15) is 10.1 Å². The Morgan fingerprint density at radius 1 is 1.33 bits per heavy atom. The topological polar surface area (TPSA) is 136 Å². The molecule has 0 atom stereocenters. The van der Waals surface area contributed by atoms with E-state index in [0.29, 0.717) is 24.5 Å². The Hall–Kier alpha value is -3.71. The van der Waals surface area contributed by atoms with Crippen molar-refractivity contribution in [3.63, 3.8) is 0 Å². The van der Waals surface area contributed by atoms with Crippen LogP contribution < -0.4 is 21.3 Å². The lowest BCUT2D eigenvalue weighted by atomic mass is 10.1. The molecule has 1 saturated heterocycles. The van der Waals surface area contributed by atoms with Gasteiger partial charge in [0.15, 0.2) is 0 Å². The number of ether oxygens (including phenoxy) is 2. The summed E-state index contributed by atoms with van der Waals surface area (Å²) in [5.41, 5.74) is 7.04. The Morgan fingerprint density at radius 2 is 2.03 bits per heavy atom. The number of hydrazine groups is 1. The van der Waals surface area contributed by atoms with E-state index >= 15 is 0 Å². The van der Waals surface area contributed by atoms with Gasteiger partial charge < -0.3 is 20.1 Å². The van der Waals surface area contributed by atoms with Gasteiger partial charge in [0.05, 0.1) is 17.9 Å². The minimum Gasteiger partial charge on any atom is -0.489 e. The molecule has 174 valence electrons. The number of benzene rings is 1. The van der Waals surface area contributed by atoms with Crippen LogP contribution in [0.5, 0.6) is 5.75 Å². The standard InChI is InChI=1S/C23H29N7O3/c1-23(8-9-23)33-22(31)28-11-6-19(7-12-28)30-21(14-25)17(15-27-30)16-32-20-4-2-18(3-5-20)29(26)13-10-24/h2-5,10,13,15,19H,6-9,11-12,16,24,26H2,1H3/b13-10-. The van der Waals surface area contributed by atoms with E-state index in [0.717, 1.165) is 36.9 Å². The van der Waals surface area contributed by atoms with Gasteiger partial charge in [0, 0.05) is 31.1 Å². The van der Waals surface area contributed by atoms with Crippen LogP contribution in [0.2, 0.25) is 0 Å². The molecule has 33 heavy (non-hydrogen) atoms. The number of likely N-dealkylation sites (tertiary alicyclic amines) is 1. The first-order chi connectivity index (χ1) is 15.9. The van der Waals surface area contributed by atoms with Crippen molar-refractivity contribution in [1.29, 1.82) is 5.26 Å². The third-order valence-electron chi connectivity index (χ3n) is 6.11. The van der Waals surface area contributed by atoms with Crippen LogP contribution in [0.15, 0.2) is 42.9 Å². The molecular formula is C23H29N7O3. The normalized spacial score (nSPS) is 17.5. The molecule has 10 heteroatoms. The second-order valence-corrected chi connectivity index (χ2v) is 8.64. The molecule has 0 bridgehead atoms. The molecule has 4 rings (SSSR count). The number of nitrogens with two attached hydrogens (primary N) is 2. The fourth-order valence-electron chi connectivity index (χ4n) is 3.80. The molecule has 0 spiro atoms. The molecule has 1 aliphatic carbocycles. The van der Waals surface area contributed by atoms with E-state index in [1.54, 1.807) is 34.1 Å². The van der Waals surface area contributed by atoms with Gasteiger partial charge >= 0.3 is 6.09 Å². The van der Waals surface area contributed by atoms with Gasteiger partial charge in [-0.15, -0.1) is 0 Å². The van der Waals surface area contributed by atoms with Crippen molar-refractivity contribution in [3.8, 4) is 11.8 Å². The lowest BCUT2D eigenvalue weighted by Crippen LogP contribution is -2.41. The second-order valence-electron chi connectivity index (χ2n) is 8.64. The van der Waals surface area contributed by atoms with Crippen molar-refractivity contribution >= 4 is 11.8 Å². The van der Waals surface area contributed by atoms with Gasteiger partial charge in [-0.25, -0.2) is 10.6 Å². The van der Waals surface area contributed by atoms with Crippen molar-refractivity contribution < 1.29 is 14.3 Å². The number of carbonyl (C=O) groups is 1. The van der Waals surface area contributed by atoms with Crippen molar-refractivity contribution in [2.24, 2.45) is 11.6 Å². The highest BCUT2D eigenvalue weighted by Gasteiger charge is 2.43. The van der Waals surface area contributed by atoms with Crippen molar-refractivity contribution in [1.82, 2.24) is 14.7 Å². The summed E-state index contributed by atoms with van der Waals surface area (Å²) in [6, 6.07) is 9.54. The van der Waals surface area contributed by atoms with Crippen LogP contribution >= 0.6 is 0 Å². The van der Waals surface area contributed by atoms with E-state index in [1.165, 1.54) is 11.2 Å². The van der Waals surface area contributed by atoms with Crippen LogP contribution in [0.1, 0.15) is 49.9 Å². The molecule has 1 saturated carbocycles. The molecule has 2 aromatic rings. The van der Waals surface area contributed by atoms with E-state index in [1.807, 2.05) is 19.1 Å². The van der Waals surface area contributed by atoms with Crippen LogP contribution in [0, 0.1) is 11.3 Å². The maximum Gasteiger partial charge on any atom is 0.410 e. The van der Waals surface area contributed by atoms with Crippen LogP contribution in [0.25, 0.3) is 0 Å². The molecule has 10 nitrogen and oxygen atoms in total. The Labute approximate surface area is 192 Å². The number of piperidine rings is 1. The zero-order chi connectivity index (χ0) is 23.4. The predicted molar refractivity (Wildman–Crippen MR) is 122 cm³/mol. The molecular weight excluding hydrogens is 422 g/mol. The molecule has 4 N–H and O–H groups in total. The molecule has 1 aliphatic heterocycles. The number of carbonyl (C=O) groups excluding carboxylic acids is 1. The van der Waals surface area contributed by atoms with Crippen molar-refractivity contribution in [2.75, 3.05) is 18.1 Å². The maximum absolute atomic E-state index is 12.3. The third-order valence-corrected chi connectivity index (χ3v) is 6.11. The highest BCUT2D eigenvalue weighted by atomic mass is 16.6. The SMILES string of the molecule is CC1(OC(=O)N2CCC(n3ncc(COc4ccc(N(N)/C=C\N)cc4)c3C#N)CC2)CC1. The van der Waals surface area contributed by atoms with Crippen LogP contribution in [0.4, 0.5) is 10.5 Å². The van der Waals surface area contributed by atoms with Gasteiger partial charge in [0.25, 0.3) is 0 Å². The second kappa shape index (κ2) is 9.42. The Balaban J connectivity index is 1.34. The van der Waals surface area contributed by atoms with Gasteiger partial charge in [-0.1, -0.05) is 0 Å². The maximum atomic E-state index is 12.3. The Kier molecular flexibility index (Phi) is 6.42. The number of hydrogen-bond acceptors (Lipinski definition) is 8. The molecule has 0 radical (unpaired) electrons. The number of amides is 1. The molecule has 2 heterocycles. The average Bonchev–Trinajstić information content (AvgIpc) is 3.40. The van der Waals surface area contributed by atoms with E-state index in [-0.39, 0.29) is 24.3 Å². The lowest BCUT2D eigenvalue weighted by molar-refractivity contribution is 0.0489. The Morgan fingerprint density at radius 3 is 2.64 bits per heavy atom. The summed E-state index contributed by atoms with van der Waals surface area (Å²) in [6.07, 6.45) is 7.63. The fourth-order valence-corrected chi connectivity index (χ4v) is 3.80. The minimum absolute atomic E-state index is 0.0550. The van der Waals surface area contributed by atoms with E-state index in [2.05, 4.69) is 11.2 Å². The predicted octanol–water partition coefficient (Wildman–Crippen LogP) is 2.77. The van der Waals surface area contributed by atoms with Gasteiger partial charge in [-0.2, -0.15) is 10.4 Å². The summed E-state index contributed by atoms with van der Waals surface area (Å²) < 4.78 is 13.2. The van der Waals surface area contributed by atoms with E-state index < -0.39 is 0 Å². The van der Waals surface area contributed by atoms with Gasteiger partial charge in [-0.3, -0.25) is 9.69 Å². The number of hydrogen-bond donors (Lipinski definition) is 2. The van der Waals surface area contributed by atoms with Gasteiger partial charge in [0.1, 0.15) is 29.7 Å².